The fourth-order valence-corrected chi connectivity index (χ4v) is 3.58. The number of hydrogen-bond acceptors (Lipinski definition) is 2. The van der Waals surface area contributed by atoms with Gasteiger partial charge in [-0.15, -0.1) is 0 Å². The molecule has 0 bridgehead atoms. The Hall–Kier alpha value is -3.47. The average molecular weight is 419 g/mol. The summed E-state index contributed by atoms with van der Waals surface area (Å²) in [7, 11) is 1.57. The molecule has 4 nitrogen and oxygen atoms in total. The van der Waals surface area contributed by atoms with Crippen molar-refractivity contribution < 1.29 is 14.0 Å². The maximum absolute atomic E-state index is 13.5. The third-order valence-corrected chi connectivity index (χ3v) is 5.39. The molecule has 0 fully saturated rings. The predicted molar refractivity (Wildman–Crippen MR) is 120 cm³/mol. The molecule has 0 aliphatic heterocycles. The number of carbonyl (C=O) groups is 2. The number of hydrogen-bond donors (Lipinski definition) is 1. The minimum Gasteiger partial charge on any atom is -0.357 e. The van der Waals surface area contributed by atoms with E-state index in [9.17, 15) is 14.0 Å². The van der Waals surface area contributed by atoms with Gasteiger partial charge < -0.3 is 10.2 Å². The largest absolute Gasteiger partial charge is 0.357 e. The van der Waals surface area contributed by atoms with Gasteiger partial charge in [0.1, 0.15) is 11.9 Å². The van der Waals surface area contributed by atoms with Crippen molar-refractivity contribution in [1.82, 2.24) is 10.2 Å². The number of amides is 2. The van der Waals surface area contributed by atoms with Crippen molar-refractivity contribution in [2.24, 2.45) is 0 Å². The zero-order valence-electron chi connectivity index (χ0n) is 17.8. The van der Waals surface area contributed by atoms with Gasteiger partial charge in [0.25, 0.3) is 0 Å². The van der Waals surface area contributed by atoms with Gasteiger partial charge in [-0.3, -0.25) is 9.59 Å². The van der Waals surface area contributed by atoms with Gasteiger partial charge in [0.05, 0.1) is 6.42 Å². The maximum atomic E-state index is 13.5. The van der Waals surface area contributed by atoms with E-state index in [0.717, 1.165) is 22.3 Å². The first-order valence-corrected chi connectivity index (χ1v) is 10.3. The molecule has 160 valence electrons. The molecule has 0 spiro atoms. The minimum absolute atomic E-state index is 0.150. The molecular formula is C26H27FN2O2. The number of nitrogens with zero attached hydrogens (tertiary/aromatic N) is 1. The van der Waals surface area contributed by atoms with E-state index in [-0.39, 0.29) is 30.6 Å². The van der Waals surface area contributed by atoms with Gasteiger partial charge in [0.2, 0.25) is 11.8 Å². The summed E-state index contributed by atoms with van der Waals surface area (Å²) in [6.07, 6.45) is 0.581. The highest BCUT2D eigenvalue weighted by atomic mass is 19.1. The highest BCUT2D eigenvalue weighted by molar-refractivity contribution is 5.88. The molecule has 5 heteroatoms. The molecular weight excluding hydrogens is 391 g/mol. The van der Waals surface area contributed by atoms with Crippen LogP contribution in [0.25, 0.3) is 0 Å². The molecule has 0 unspecified atom stereocenters. The van der Waals surface area contributed by atoms with Crippen LogP contribution >= 0.6 is 0 Å². The minimum atomic E-state index is -0.686. The Labute approximate surface area is 182 Å². The molecule has 2 amide bonds. The van der Waals surface area contributed by atoms with Gasteiger partial charge in [0.15, 0.2) is 0 Å². The SMILES string of the molecule is CNC(=O)[C@@H](Cc1ccccc1)N(Cc1ccc(F)cc1)C(=O)Cc1ccccc1C. The Balaban J connectivity index is 1.94. The van der Waals surface area contributed by atoms with Gasteiger partial charge >= 0.3 is 0 Å². The number of rotatable bonds is 8. The van der Waals surface area contributed by atoms with Crippen LogP contribution in [-0.2, 0) is 29.0 Å². The molecule has 0 aliphatic rings. The van der Waals surface area contributed by atoms with Crippen molar-refractivity contribution in [2.75, 3.05) is 7.05 Å². The molecule has 3 aromatic carbocycles. The lowest BCUT2D eigenvalue weighted by atomic mass is 10.0. The number of benzene rings is 3. The normalized spacial score (nSPS) is 11.6. The second-order valence-electron chi connectivity index (χ2n) is 7.57. The van der Waals surface area contributed by atoms with E-state index in [1.165, 1.54) is 12.1 Å². The van der Waals surface area contributed by atoms with Crippen LogP contribution in [0.3, 0.4) is 0 Å². The number of likely N-dealkylation sites (N-methyl/N-ethyl adjacent to an activating group) is 1. The van der Waals surface area contributed by atoms with Crippen molar-refractivity contribution in [3.63, 3.8) is 0 Å². The number of halogens is 1. The second-order valence-corrected chi connectivity index (χ2v) is 7.57. The molecule has 0 aliphatic carbocycles. The first-order chi connectivity index (χ1) is 15.0. The summed E-state index contributed by atoms with van der Waals surface area (Å²) in [5.41, 5.74) is 3.68. The van der Waals surface area contributed by atoms with Crippen LogP contribution in [0, 0.1) is 12.7 Å². The Morgan fingerprint density at radius 3 is 2.19 bits per heavy atom. The summed E-state index contributed by atoms with van der Waals surface area (Å²) >= 11 is 0. The predicted octanol–water partition coefficient (Wildman–Crippen LogP) is 4.06. The van der Waals surface area contributed by atoms with Gasteiger partial charge in [-0.05, 0) is 41.3 Å². The lowest BCUT2D eigenvalue weighted by Gasteiger charge is -2.31. The molecule has 1 atom stereocenters. The molecule has 0 saturated heterocycles. The average Bonchev–Trinajstić information content (AvgIpc) is 2.79. The molecule has 0 aromatic heterocycles. The third kappa shape index (κ3) is 6.01. The Morgan fingerprint density at radius 1 is 0.903 bits per heavy atom. The number of aryl methyl sites for hydroxylation is 1. The number of carbonyl (C=O) groups excluding carboxylic acids is 2. The van der Waals surface area contributed by atoms with Crippen LogP contribution in [0.4, 0.5) is 4.39 Å². The molecule has 3 rings (SSSR count). The first kappa shape index (κ1) is 22.2. The fourth-order valence-electron chi connectivity index (χ4n) is 3.58. The van der Waals surface area contributed by atoms with Crippen LogP contribution in [0.2, 0.25) is 0 Å². The summed E-state index contributed by atoms with van der Waals surface area (Å²) < 4.78 is 13.4. The smallest absolute Gasteiger partial charge is 0.242 e. The maximum Gasteiger partial charge on any atom is 0.242 e. The van der Waals surface area contributed by atoms with E-state index in [2.05, 4.69) is 5.32 Å². The van der Waals surface area contributed by atoms with Crippen LogP contribution < -0.4 is 5.32 Å². The van der Waals surface area contributed by atoms with Crippen molar-refractivity contribution >= 4 is 11.8 Å². The molecule has 1 N–H and O–H groups in total. The van der Waals surface area contributed by atoms with Crippen molar-refractivity contribution in [3.05, 3.63) is 107 Å². The molecule has 3 aromatic rings. The van der Waals surface area contributed by atoms with E-state index in [1.54, 1.807) is 24.1 Å². The quantitative estimate of drug-likeness (QED) is 0.600. The fraction of sp³-hybridized carbons (Fsp3) is 0.231. The summed E-state index contributed by atoms with van der Waals surface area (Å²) in [5.74, 6) is -0.721. The van der Waals surface area contributed by atoms with Crippen LogP contribution in [0.1, 0.15) is 22.3 Å². The first-order valence-electron chi connectivity index (χ1n) is 10.3. The summed E-state index contributed by atoms with van der Waals surface area (Å²) in [6, 6.07) is 22.7. The van der Waals surface area contributed by atoms with E-state index >= 15 is 0 Å². The van der Waals surface area contributed by atoms with Crippen molar-refractivity contribution in [3.8, 4) is 0 Å². The van der Waals surface area contributed by atoms with E-state index in [0.29, 0.717) is 6.42 Å². The standard InChI is InChI=1S/C26H27FN2O2/c1-19-8-6-7-11-22(19)17-25(30)29(18-21-12-14-23(27)15-13-21)24(26(31)28-2)16-20-9-4-3-5-10-20/h3-15,24H,16-18H2,1-2H3,(H,28,31)/t24-/m1/s1. The lowest BCUT2D eigenvalue weighted by molar-refractivity contribution is -0.140. The highest BCUT2D eigenvalue weighted by Crippen LogP contribution is 2.18. The topological polar surface area (TPSA) is 49.4 Å². The van der Waals surface area contributed by atoms with Crippen LogP contribution in [0.15, 0.2) is 78.9 Å². The van der Waals surface area contributed by atoms with Gasteiger partial charge in [-0.1, -0.05) is 66.7 Å². The van der Waals surface area contributed by atoms with Crippen LogP contribution in [-0.4, -0.2) is 29.8 Å². The Kier molecular flexibility index (Phi) is 7.55. The van der Waals surface area contributed by atoms with E-state index in [4.69, 9.17) is 0 Å². The Bertz CT molecular complexity index is 1020. The van der Waals surface area contributed by atoms with Crippen molar-refractivity contribution in [2.45, 2.75) is 32.4 Å². The molecule has 0 heterocycles. The van der Waals surface area contributed by atoms with Crippen LogP contribution in [0.5, 0.6) is 0 Å². The second kappa shape index (κ2) is 10.5. The Morgan fingerprint density at radius 2 is 1.55 bits per heavy atom. The van der Waals surface area contributed by atoms with Gasteiger partial charge in [-0.25, -0.2) is 4.39 Å². The summed E-state index contributed by atoms with van der Waals surface area (Å²) in [5, 5.41) is 2.70. The van der Waals surface area contributed by atoms with E-state index < -0.39 is 6.04 Å². The lowest BCUT2D eigenvalue weighted by Crippen LogP contribution is -2.50. The number of nitrogens with one attached hydrogen (secondary N) is 1. The van der Waals surface area contributed by atoms with Crippen molar-refractivity contribution in [1.29, 1.82) is 0 Å². The summed E-state index contributed by atoms with van der Waals surface area (Å²) in [4.78, 5) is 27.9. The third-order valence-electron chi connectivity index (χ3n) is 5.39. The molecule has 31 heavy (non-hydrogen) atoms. The van der Waals surface area contributed by atoms with Gasteiger partial charge in [0, 0.05) is 20.0 Å². The highest BCUT2D eigenvalue weighted by Gasteiger charge is 2.30. The zero-order valence-corrected chi connectivity index (χ0v) is 17.8. The van der Waals surface area contributed by atoms with E-state index in [1.807, 2.05) is 61.5 Å². The molecule has 0 saturated carbocycles. The van der Waals surface area contributed by atoms with Gasteiger partial charge in [-0.2, -0.15) is 0 Å². The monoisotopic (exact) mass is 418 g/mol. The zero-order chi connectivity index (χ0) is 22.2. The molecule has 0 radical (unpaired) electrons. The summed E-state index contributed by atoms with van der Waals surface area (Å²) in [6.45, 7) is 2.18.